The summed E-state index contributed by atoms with van der Waals surface area (Å²) < 4.78 is 0. The van der Waals surface area contributed by atoms with E-state index < -0.39 is 50.1 Å². The van der Waals surface area contributed by atoms with E-state index in [1.54, 1.807) is 0 Å². The van der Waals surface area contributed by atoms with Crippen molar-refractivity contribution in [3.63, 3.8) is 0 Å². The van der Waals surface area contributed by atoms with Crippen LogP contribution in [0.3, 0.4) is 0 Å². The molecule has 0 radical (unpaired) electrons. The molecule has 0 unspecified atom stereocenters. The van der Waals surface area contributed by atoms with Crippen molar-refractivity contribution < 1.29 is 69.2 Å². The number of carboxylic acid groups (broad SMARTS) is 4. The van der Waals surface area contributed by atoms with Crippen LogP contribution in [0.4, 0.5) is 0 Å². The van der Waals surface area contributed by atoms with Crippen LogP contribution in [0.25, 0.3) is 0 Å². The zero-order chi connectivity index (χ0) is 15.7. The zero-order valence-electron chi connectivity index (χ0n) is 11.6. The molecule has 4 N–H and O–H groups in total. The Morgan fingerprint density at radius 2 is 0.762 bits per heavy atom. The third-order valence-electron chi connectivity index (χ3n) is 2.17. The number of aliphatic carboxylic acids is 4. The molecule has 0 saturated heterocycles. The summed E-state index contributed by atoms with van der Waals surface area (Å²) in [5, 5.41) is 34.5. The smallest absolute Gasteiger partial charge is 0.480 e. The molecule has 0 aliphatic heterocycles. The maximum Gasteiger partial charge on any atom is 1.00 e. The van der Waals surface area contributed by atoms with E-state index in [4.69, 9.17) is 20.4 Å². The van der Waals surface area contributed by atoms with E-state index in [1.807, 2.05) is 0 Å². The second-order valence-corrected chi connectivity index (χ2v) is 4.00. The molecule has 21 heavy (non-hydrogen) atoms. The van der Waals surface area contributed by atoms with Crippen LogP contribution in [0, 0.1) is 0 Å². The van der Waals surface area contributed by atoms with E-state index in [9.17, 15) is 19.2 Å². The SMILES string of the molecule is O=C(O)CN(CCN(CC(=O)O)CC(=O)O)CC(=O)O.[Na+]. The fourth-order valence-corrected chi connectivity index (χ4v) is 1.48. The molecule has 11 heteroatoms. The minimum atomic E-state index is -1.23. The molecular formula is C10H16N2NaO8+. The van der Waals surface area contributed by atoms with Gasteiger partial charge in [-0.1, -0.05) is 0 Å². The molecule has 0 heterocycles. The van der Waals surface area contributed by atoms with E-state index in [0.29, 0.717) is 0 Å². The van der Waals surface area contributed by atoms with Gasteiger partial charge in [0, 0.05) is 13.1 Å². The van der Waals surface area contributed by atoms with Crippen LogP contribution in [0.1, 0.15) is 0 Å². The maximum atomic E-state index is 10.6. The normalized spacial score (nSPS) is 10.2. The van der Waals surface area contributed by atoms with Crippen molar-refractivity contribution >= 4 is 23.9 Å². The van der Waals surface area contributed by atoms with Crippen LogP contribution in [-0.4, -0.2) is 93.4 Å². The Hall–Kier alpha value is -1.20. The third kappa shape index (κ3) is 13.5. The number of carboxylic acids is 4. The largest absolute Gasteiger partial charge is 1.00 e. The van der Waals surface area contributed by atoms with Gasteiger partial charge in [-0.25, -0.2) is 0 Å². The summed E-state index contributed by atoms with van der Waals surface area (Å²) in [4.78, 5) is 44.4. The van der Waals surface area contributed by atoms with Crippen LogP contribution >= 0.6 is 0 Å². The quantitative estimate of drug-likeness (QED) is 0.272. The topological polar surface area (TPSA) is 156 Å². The Bertz CT molecular complexity index is 321. The van der Waals surface area contributed by atoms with Gasteiger partial charge in [0.05, 0.1) is 26.2 Å². The van der Waals surface area contributed by atoms with Crippen molar-refractivity contribution in [2.24, 2.45) is 0 Å². The van der Waals surface area contributed by atoms with Crippen molar-refractivity contribution in [3.05, 3.63) is 0 Å². The molecule has 0 saturated carbocycles. The van der Waals surface area contributed by atoms with Crippen molar-refractivity contribution in [3.8, 4) is 0 Å². The second kappa shape index (κ2) is 11.5. The van der Waals surface area contributed by atoms with Gasteiger partial charge in [-0.15, -0.1) is 0 Å². The Balaban J connectivity index is 0. The molecule has 0 aromatic heterocycles. The van der Waals surface area contributed by atoms with Crippen LogP contribution < -0.4 is 29.6 Å². The van der Waals surface area contributed by atoms with Crippen LogP contribution in [0.2, 0.25) is 0 Å². The number of rotatable bonds is 11. The molecule has 0 fully saturated rings. The number of hydrogen-bond donors (Lipinski definition) is 4. The first-order chi connectivity index (χ1) is 9.20. The molecule has 0 rings (SSSR count). The van der Waals surface area contributed by atoms with E-state index in [0.717, 1.165) is 9.80 Å². The van der Waals surface area contributed by atoms with Gasteiger partial charge in [-0.2, -0.15) is 0 Å². The van der Waals surface area contributed by atoms with Crippen LogP contribution in [-0.2, 0) is 19.2 Å². The van der Waals surface area contributed by atoms with Gasteiger partial charge in [-0.3, -0.25) is 29.0 Å². The van der Waals surface area contributed by atoms with Gasteiger partial charge in [-0.05, 0) is 0 Å². The molecule has 0 bridgehead atoms. The fraction of sp³-hybridized carbons (Fsp3) is 0.600. The van der Waals surface area contributed by atoms with Gasteiger partial charge in [0.1, 0.15) is 0 Å². The average Bonchev–Trinajstić information content (AvgIpc) is 2.22. The molecule has 0 amide bonds. The van der Waals surface area contributed by atoms with E-state index in [1.165, 1.54) is 0 Å². The van der Waals surface area contributed by atoms with Crippen molar-refractivity contribution in [2.45, 2.75) is 0 Å². The predicted octanol–water partition coefficient (Wildman–Crippen LogP) is -5.07. The molecule has 114 valence electrons. The van der Waals surface area contributed by atoms with Gasteiger partial charge in [0.25, 0.3) is 0 Å². The number of hydrogen-bond acceptors (Lipinski definition) is 6. The Labute approximate surface area is 142 Å². The third-order valence-corrected chi connectivity index (χ3v) is 2.17. The van der Waals surface area contributed by atoms with Gasteiger partial charge < -0.3 is 20.4 Å². The van der Waals surface area contributed by atoms with Crippen molar-refractivity contribution in [1.29, 1.82) is 0 Å². The van der Waals surface area contributed by atoms with E-state index in [2.05, 4.69) is 0 Å². The first-order valence-electron chi connectivity index (χ1n) is 5.52. The van der Waals surface area contributed by atoms with Crippen molar-refractivity contribution in [2.75, 3.05) is 39.3 Å². The molecule has 0 atom stereocenters. The fourth-order valence-electron chi connectivity index (χ4n) is 1.48. The summed E-state index contributed by atoms with van der Waals surface area (Å²) >= 11 is 0. The number of nitrogens with zero attached hydrogens (tertiary/aromatic N) is 2. The summed E-state index contributed by atoms with van der Waals surface area (Å²) in [5.74, 6) is -4.91. The Morgan fingerprint density at radius 3 is 0.905 bits per heavy atom. The average molecular weight is 315 g/mol. The summed E-state index contributed by atoms with van der Waals surface area (Å²) in [5.41, 5.74) is 0. The molecular weight excluding hydrogens is 299 g/mol. The second-order valence-electron chi connectivity index (χ2n) is 4.00. The molecule has 0 aliphatic carbocycles. The molecule has 10 nitrogen and oxygen atoms in total. The molecule has 0 aliphatic rings. The summed E-state index contributed by atoms with van der Waals surface area (Å²) in [6, 6.07) is 0. The monoisotopic (exact) mass is 315 g/mol. The first kappa shape index (κ1) is 22.1. The van der Waals surface area contributed by atoms with Crippen molar-refractivity contribution in [1.82, 2.24) is 9.80 Å². The number of carbonyl (C=O) groups is 4. The van der Waals surface area contributed by atoms with Gasteiger partial charge in [0.15, 0.2) is 0 Å². The molecule has 0 aromatic rings. The van der Waals surface area contributed by atoms with Crippen LogP contribution in [0.15, 0.2) is 0 Å². The standard InChI is InChI=1S/C10H16N2O8.Na/c13-7(14)3-11(4-8(15)16)1-2-12(5-9(17)18)6-10(19)20;/h1-6H2,(H,13,14)(H,15,16)(H,17,18)(H,19,20);/q;+1. The van der Waals surface area contributed by atoms with E-state index >= 15 is 0 Å². The Kier molecular flexibility index (Phi) is 12.1. The Morgan fingerprint density at radius 1 is 0.571 bits per heavy atom. The summed E-state index contributed by atoms with van der Waals surface area (Å²) in [6.07, 6.45) is 0. The van der Waals surface area contributed by atoms with Gasteiger partial charge >= 0.3 is 53.4 Å². The summed E-state index contributed by atoms with van der Waals surface area (Å²) in [7, 11) is 0. The summed E-state index contributed by atoms with van der Waals surface area (Å²) in [6.45, 7) is -2.25. The predicted molar refractivity (Wildman–Crippen MR) is 63.4 cm³/mol. The maximum absolute atomic E-state index is 10.6. The molecule has 0 spiro atoms. The zero-order valence-corrected chi connectivity index (χ0v) is 13.6. The van der Waals surface area contributed by atoms with E-state index in [-0.39, 0.29) is 42.6 Å². The molecule has 0 aromatic carbocycles. The minimum absolute atomic E-state index is 0. The van der Waals surface area contributed by atoms with Crippen LogP contribution in [0.5, 0.6) is 0 Å². The minimum Gasteiger partial charge on any atom is -0.480 e. The van der Waals surface area contributed by atoms with Gasteiger partial charge in [0.2, 0.25) is 0 Å². The first-order valence-corrected chi connectivity index (χ1v) is 5.52.